The number of halogens is 3. The number of rotatable bonds is 5. The van der Waals surface area contributed by atoms with Gasteiger partial charge in [-0.3, -0.25) is 4.79 Å². The van der Waals surface area contributed by atoms with Crippen molar-refractivity contribution in [2.45, 2.75) is 39.0 Å². The van der Waals surface area contributed by atoms with Gasteiger partial charge in [0.1, 0.15) is 11.2 Å². The zero-order valence-corrected chi connectivity index (χ0v) is 13.8. The highest BCUT2D eigenvalue weighted by Crippen LogP contribution is 2.45. The molecule has 1 saturated heterocycles. The van der Waals surface area contributed by atoms with Gasteiger partial charge in [-0.1, -0.05) is 25.1 Å². The van der Waals surface area contributed by atoms with Gasteiger partial charge in [-0.2, -0.15) is 13.2 Å². The molecule has 2 rings (SSSR count). The van der Waals surface area contributed by atoms with Crippen molar-refractivity contribution in [2.24, 2.45) is 5.41 Å². The molecule has 0 spiro atoms. The van der Waals surface area contributed by atoms with Gasteiger partial charge >= 0.3 is 6.18 Å². The number of aliphatic hydroxyl groups excluding tert-OH is 1. The summed E-state index contributed by atoms with van der Waals surface area (Å²) in [6.45, 7) is 2.00. The Morgan fingerprint density at radius 2 is 2.08 bits per heavy atom. The van der Waals surface area contributed by atoms with E-state index in [4.69, 9.17) is 4.74 Å². The molecular weight excluding hydrogens is 323 g/mol. The SMILES string of the molecule is CCC(Oc1ccccc1C)C(=O)N1CCC(CO)(C(F)(F)F)C1. The number of aliphatic hydroxyl groups is 1. The van der Waals surface area contributed by atoms with E-state index in [1.807, 2.05) is 19.1 Å². The lowest BCUT2D eigenvalue weighted by Crippen LogP contribution is -2.47. The number of carbonyl (C=O) groups excluding carboxylic acids is 1. The standard InChI is InChI=1S/C17H22F3NO3/c1-3-13(24-14-7-5-4-6-12(14)2)15(23)21-9-8-16(10-21,11-22)17(18,19)20/h4-7,13,22H,3,8-11H2,1-2H3. The molecular formula is C17H22F3NO3. The maximum absolute atomic E-state index is 13.2. The van der Waals surface area contributed by atoms with E-state index in [0.717, 1.165) is 10.5 Å². The number of nitrogens with zero attached hydrogens (tertiary/aromatic N) is 1. The minimum atomic E-state index is -4.55. The summed E-state index contributed by atoms with van der Waals surface area (Å²) < 4.78 is 45.3. The predicted molar refractivity (Wildman–Crippen MR) is 82.7 cm³/mol. The highest BCUT2D eigenvalue weighted by molar-refractivity contribution is 5.81. The third kappa shape index (κ3) is 3.50. The first kappa shape index (κ1) is 18.6. The predicted octanol–water partition coefficient (Wildman–Crippen LogP) is 2.93. The molecule has 1 N–H and O–H groups in total. The minimum Gasteiger partial charge on any atom is -0.480 e. The molecule has 2 unspecified atom stereocenters. The minimum absolute atomic E-state index is 0.0352. The lowest BCUT2D eigenvalue weighted by Gasteiger charge is -2.30. The van der Waals surface area contributed by atoms with Crippen molar-refractivity contribution in [3.63, 3.8) is 0 Å². The zero-order valence-electron chi connectivity index (χ0n) is 13.8. The molecule has 0 bridgehead atoms. The van der Waals surface area contributed by atoms with Crippen LogP contribution in [0.5, 0.6) is 5.75 Å². The van der Waals surface area contributed by atoms with Crippen molar-refractivity contribution in [2.75, 3.05) is 19.7 Å². The average molecular weight is 345 g/mol. The summed E-state index contributed by atoms with van der Waals surface area (Å²) >= 11 is 0. The van der Waals surface area contributed by atoms with Gasteiger partial charge in [0, 0.05) is 13.1 Å². The Bertz CT molecular complexity index is 591. The summed E-state index contributed by atoms with van der Waals surface area (Å²) in [5.74, 6) is 0.0708. The molecule has 0 aromatic heterocycles. The van der Waals surface area contributed by atoms with Gasteiger partial charge in [0.15, 0.2) is 6.10 Å². The van der Waals surface area contributed by atoms with Gasteiger partial charge in [0.05, 0.1) is 6.61 Å². The second-order valence-electron chi connectivity index (χ2n) is 6.23. The molecule has 0 saturated carbocycles. The van der Waals surface area contributed by atoms with Crippen molar-refractivity contribution in [3.8, 4) is 5.75 Å². The Kier molecular flexibility index (Phi) is 5.42. The first-order chi connectivity index (χ1) is 11.2. The Labute approximate surface area is 139 Å². The average Bonchev–Trinajstić information content (AvgIpc) is 2.99. The van der Waals surface area contributed by atoms with E-state index in [0.29, 0.717) is 12.2 Å². The summed E-state index contributed by atoms with van der Waals surface area (Å²) in [6, 6.07) is 7.17. The summed E-state index contributed by atoms with van der Waals surface area (Å²) in [4.78, 5) is 13.7. The number of ether oxygens (including phenoxy) is 1. The Hall–Kier alpha value is -1.76. The second kappa shape index (κ2) is 7.01. The number of likely N-dealkylation sites (tertiary alicyclic amines) is 1. The number of amides is 1. The van der Waals surface area contributed by atoms with Crippen molar-refractivity contribution in [1.82, 2.24) is 4.90 Å². The molecule has 2 atom stereocenters. The molecule has 4 nitrogen and oxygen atoms in total. The van der Waals surface area contributed by atoms with E-state index >= 15 is 0 Å². The van der Waals surface area contributed by atoms with Gasteiger partial charge in [-0.25, -0.2) is 0 Å². The molecule has 0 aliphatic carbocycles. The van der Waals surface area contributed by atoms with Gasteiger partial charge in [-0.05, 0) is 31.4 Å². The molecule has 1 aromatic rings. The molecule has 134 valence electrons. The highest BCUT2D eigenvalue weighted by Gasteiger charge is 2.58. The smallest absolute Gasteiger partial charge is 0.398 e. The fourth-order valence-corrected chi connectivity index (χ4v) is 2.86. The third-order valence-corrected chi connectivity index (χ3v) is 4.58. The van der Waals surface area contributed by atoms with Crippen molar-refractivity contribution in [1.29, 1.82) is 0 Å². The third-order valence-electron chi connectivity index (χ3n) is 4.58. The van der Waals surface area contributed by atoms with Gasteiger partial charge < -0.3 is 14.7 Å². The lowest BCUT2D eigenvalue weighted by atomic mass is 9.87. The summed E-state index contributed by atoms with van der Waals surface area (Å²) in [5.41, 5.74) is -1.38. The van der Waals surface area contributed by atoms with Crippen LogP contribution in [0.2, 0.25) is 0 Å². The lowest BCUT2D eigenvalue weighted by molar-refractivity contribution is -0.230. The highest BCUT2D eigenvalue weighted by atomic mass is 19.4. The molecule has 1 fully saturated rings. The largest absolute Gasteiger partial charge is 0.480 e. The second-order valence-corrected chi connectivity index (χ2v) is 6.23. The monoisotopic (exact) mass is 345 g/mol. The maximum atomic E-state index is 13.2. The van der Waals surface area contributed by atoms with Crippen LogP contribution in [0, 0.1) is 12.3 Å². The molecule has 7 heteroatoms. The first-order valence-corrected chi connectivity index (χ1v) is 7.93. The molecule has 0 radical (unpaired) electrons. The topological polar surface area (TPSA) is 49.8 Å². The van der Waals surface area contributed by atoms with Crippen LogP contribution in [0.25, 0.3) is 0 Å². The van der Waals surface area contributed by atoms with Crippen LogP contribution in [0.3, 0.4) is 0 Å². The number of aryl methyl sites for hydroxylation is 1. The van der Waals surface area contributed by atoms with E-state index in [2.05, 4.69) is 0 Å². The fourth-order valence-electron chi connectivity index (χ4n) is 2.86. The first-order valence-electron chi connectivity index (χ1n) is 7.93. The van der Waals surface area contributed by atoms with Gasteiger partial charge in [-0.15, -0.1) is 0 Å². The van der Waals surface area contributed by atoms with Crippen LogP contribution in [-0.2, 0) is 4.79 Å². The van der Waals surface area contributed by atoms with E-state index in [1.54, 1.807) is 19.1 Å². The van der Waals surface area contributed by atoms with Crippen molar-refractivity contribution < 1.29 is 27.8 Å². The number of para-hydroxylation sites is 1. The van der Waals surface area contributed by atoms with Crippen LogP contribution >= 0.6 is 0 Å². The number of hydrogen-bond acceptors (Lipinski definition) is 3. The zero-order chi connectivity index (χ0) is 18.0. The summed E-state index contributed by atoms with van der Waals surface area (Å²) in [7, 11) is 0. The molecule has 1 amide bonds. The fraction of sp³-hybridized carbons (Fsp3) is 0.588. The summed E-state index contributed by atoms with van der Waals surface area (Å²) in [6.07, 6.45) is -5.33. The van der Waals surface area contributed by atoms with E-state index in [1.165, 1.54) is 0 Å². The van der Waals surface area contributed by atoms with Gasteiger partial charge in [0.25, 0.3) is 5.91 Å². The Balaban J connectivity index is 2.11. The number of benzene rings is 1. The van der Waals surface area contributed by atoms with E-state index in [9.17, 15) is 23.1 Å². The van der Waals surface area contributed by atoms with Crippen molar-refractivity contribution >= 4 is 5.91 Å². The van der Waals surface area contributed by atoms with E-state index in [-0.39, 0.29) is 13.0 Å². The maximum Gasteiger partial charge on any atom is 0.398 e. The quantitative estimate of drug-likeness (QED) is 0.893. The Morgan fingerprint density at radius 3 is 2.58 bits per heavy atom. The van der Waals surface area contributed by atoms with Crippen LogP contribution < -0.4 is 4.74 Å². The molecule has 24 heavy (non-hydrogen) atoms. The molecule has 1 aromatic carbocycles. The Morgan fingerprint density at radius 1 is 1.42 bits per heavy atom. The summed E-state index contributed by atoms with van der Waals surface area (Å²) in [5, 5.41) is 9.23. The molecule has 1 aliphatic heterocycles. The van der Waals surface area contributed by atoms with Crippen LogP contribution in [-0.4, -0.2) is 47.9 Å². The normalized spacial score (nSPS) is 22.5. The van der Waals surface area contributed by atoms with Crippen LogP contribution in [0.1, 0.15) is 25.3 Å². The molecule has 1 aliphatic rings. The van der Waals surface area contributed by atoms with Gasteiger partial charge in [0.2, 0.25) is 0 Å². The number of alkyl halides is 3. The van der Waals surface area contributed by atoms with Crippen LogP contribution in [0.15, 0.2) is 24.3 Å². The molecule has 1 heterocycles. The number of hydrogen-bond donors (Lipinski definition) is 1. The van der Waals surface area contributed by atoms with Crippen LogP contribution in [0.4, 0.5) is 13.2 Å². The number of carbonyl (C=O) groups is 1. The van der Waals surface area contributed by atoms with Crippen molar-refractivity contribution in [3.05, 3.63) is 29.8 Å². The van der Waals surface area contributed by atoms with E-state index < -0.39 is 36.8 Å².